The molecular formula is C22H25N5O2. The van der Waals surface area contributed by atoms with Crippen LogP contribution in [0.5, 0.6) is 5.75 Å². The van der Waals surface area contributed by atoms with Gasteiger partial charge in [0, 0.05) is 51.0 Å². The molecule has 0 aliphatic carbocycles. The van der Waals surface area contributed by atoms with E-state index >= 15 is 0 Å². The van der Waals surface area contributed by atoms with Crippen LogP contribution in [0.4, 0.5) is 5.95 Å². The normalized spacial score (nSPS) is 15.2. The molecule has 1 aliphatic rings. The first-order chi connectivity index (χ1) is 14.2. The van der Waals surface area contributed by atoms with Crippen LogP contribution in [0.3, 0.4) is 0 Å². The van der Waals surface area contributed by atoms with Gasteiger partial charge in [-0.05, 0) is 35.9 Å². The minimum absolute atomic E-state index is 0.0666. The fourth-order valence-electron chi connectivity index (χ4n) is 3.70. The fourth-order valence-corrected chi connectivity index (χ4v) is 3.70. The number of aromatic nitrogens is 3. The van der Waals surface area contributed by atoms with Crippen molar-refractivity contribution < 1.29 is 9.53 Å². The van der Waals surface area contributed by atoms with Gasteiger partial charge in [0.05, 0.1) is 19.6 Å². The van der Waals surface area contributed by atoms with Crippen LogP contribution in [0, 0.1) is 0 Å². The molecule has 7 heteroatoms. The summed E-state index contributed by atoms with van der Waals surface area (Å²) in [6.07, 6.45) is 7.90. The Morgan fingerprint density at radius 3 is 2.45 bits per heavy atom. The van der Waals surface area contributed by atoms with Gasteiger partial charge in [-0.15, -0.1) is 0 Å². The van der Waals surface area contributed by atoms with Crippen molar-refractivity contribution in [1.29, 1.82) is 0 Å². The molecule has 1 amide bonds. The minimum Gasteiger partial charge on any atom is -0.497 e. The zero-order valence-corrected chi connectivity index (χ0v) is 16.5. The average Bonchev–Trinajstić information content (AvgIpc) is 3.32. The van der Waals surface area contributed by atoms with Gasteiger partial charge in [0.25, 0.3) is 0 Å². The molecule has 1 atom stereocenters. The molecule has 4 rings (SSSR count). The summed E-state index contributed by atoms with van der Waals surface area (Å²) in [6, 6.07) is 13.6. The zero-order valence-electron chi connectivity index (χ0n) is 16.5. The molecule has 0 bridgehead atoms. The molecule has 7 nitrogen and oxygen atoms in total. The largest absolute Gasteiger partial charge is 0.497 e. The lowest BCUT2D eigenvalue weighted by Crippen LogP contribution is -2.49. The Morgan fingerprint density at radius 2 is 1.76 bits per heavy atom. The number of rotatable bonds is 6. The second-order valence-corrected chi connectivity index (χ2v) is 7.04. The molecule has 1 unspecified atom stereocenters. The van der Waals surface area contributed by atoms with Crippen LogP contribution in [0.25, 0.3) is 0 Å². The van der Waals surface area contributed by atoms with Gasteiger partial charge in [0.15, 0.2) is 0 Å². The van der Waals surface area contributed by atoms with Gasteiger partial charge < -0.3 is 19.1 Å². The minimum atomic E-state index is -0.0666. The van der Waals surface area contributed by atoms with Gasteiger partial charge in [0.1, 0.15) is 5.75 Å². The highest BCUT2D eigenvalue weighted by Crippen LogP contribution is 2.26. The number of carbonyl (C=O) groups is 1. The molecule has 1 aliphatic heterocycles. The van der Waals surface area contributed by atoms with Crippen LogP contribution in [0.15, 0.2) is 67.3 Å². The summed E-state index contributed by atoms with van der Waals surface area (Å²) >= 11 is 0. The van der Waals surface area contributed by atoms with E-state index < -0.39 is 0 Å². The molecule has 3 heterocycles. The maximum Gasteiger partial charge on any atom is 0.225 e. The number of anilines is 1. The van der Waals surface area contributed by atoms with E-state index in [0.29, 0.717) is 19.5 Å². The van der Waals surface area contributed by atoms with Crippen molar-refractivity contribution in [2.75, 3.05) is 38.2 Å². The topological polar surface area (TPSA) is 63.5 Å². The molecule has 1 saturated heterocycles. The van der Waals surface area contributed by atoms with Crippen molar-refractivity contribution in [3.63, 3.8) is 0 Å². The molecule has 3 aromatic rings. The van der Waals surface area contributed by atoms with Gasteiger partial charge in [-0.1, -0.05) is 12.1 Å². The van der Waals surface area contributed by atoms with Gasteiger partial charge in [0.2, 0.25) is 11.9 Å². The fraction of sp³-hybridized carbons (Fsp3) is 0.318. The third-order valence-electron chi connectivity index (χ3n) is 5.30. The van der Waals surface area contributed by atoms with Crippen molar-refractivity contribution in [1.82, 2.24) is 19.4 Å². The van der Waals surface area contributed by atoms with Gasteiger partial charge in [-0.2, -0.15) is 0 Å². The first kappa shape index (κ1) is 19.0. The Labute approximate surface area is 170 Å². The van der Waals surface area contributed by atoms with Crippen molar-refractivity contribution in [2.45, 2.75) is 12.5 Å². The highest BCUT2D eigenvalue weighted by molar-refractivity contribution is 5.77. The Balaban J connectivity index is 1.45. The third kappa shape index (κ3) is 4.39. The summed E-state index contributed by atoms with van der Waals surface area (Å²) in [5.41, 5.74) is 1.06. The SMILES string of the molecule is COc1cccc(C(CC(=O)N2CCN(c3ncccn3)CC2)n2cccc2)c1. The van der Waals surface area contributed by atoms with Crippen LogP contribution in [0.2, 0.25) is 0 Å². The molecule has 0 N–H and O–H groups in total. The molecule has 0 radical (unpaired) electrons. The van der Waals surface area contributed by atoms with Gasteiger partial charge in [-0.25, -0.2) is 9.97 Å². The van der Waals surface area contributed by atoms with E-state index in [1.165, 1.54) is 0 Å². The van der Waals surface area contributed by atoms with E-state index in [-0.39, 0.29) is 11.9 Å². The van der Waals surface area contributed by atoms with E-state index in [0.717, 1.165) is 30.4 Å². The van der Waals surface area contributed by atoms with E-state index in [2.05, 4.69) is 19.4 Å². The molecule has 1 fully saturated rings. The lowest BCUT2D eigenvalue weighted by atomic mass is 10.0. The number of carbonyl (C=O) groups excluding carboxylic acids is 1. The number of amides is 1. The first-order valence-electron chi connectivity index (χ1n) is 9.81. The van der Waals surface area contributed by atoms with E-state index in [1.807, 2.05) is 59.8 Å². The predicted octanol–water partition coefficient (Wildman–Crippen LogP) is 2.62. The van der Waals surface area contributed by atoms with Crippen LogP contribution in [-0.4, -0.2) is 58.6 Å². The molecule has 150 valence electrons. The average molecular weight is 391 g/mol. The summed E-state index contributed by atoms with van der Waals surface area (Å²) in [5.74, 6) is 1.67. The van der Waals surface area contributed by atoms with E-state index in [9.17, 15) is 4.79 Å². The number of hydrogen-bond acceptors (Lipinski definition) is 5. The second-order valence-electron chi connectivity index (χ2n) is 7.04. The summed E-state index contributed by atoms with van der Waals surface area (Å²) in [7, 11) is 1.66. The molecule has 0 saturated carbocycles. The first-order valence-corrected chi connectivity index (χ1v) is 9.81. The molecular weight excluding hydrogens is 366 g/mol. The van der Waals surface area contributed by atoms with Crippen LogP contribution < -0.4 is 9.64 Å². The Bertz CT molecular complexity index is 921. The van der Waals surface area contributed by atoms with Gasteiger partial charge >= 0.3 is 0 Å². The Morgan fingerprint density at radius 1 is 1.03 bits per heavy atom. The maximum absolute atomic E-state index is 13.1. The summed E-state index contributed by atoms with van der Waals surface area (Å²) in [4.78, 5) is 25.8. The summed E-state index contributed by atoms with van der Waals surface area (Å²) < 4.78 is 7.46. The lowest BCUT2D eigenvalue weighted by Gasteiger charge is -2.35. The number of hydrogen-bond donors (Lipinski definition) is 0. The number of benzene rings is 1. The lowest BCUT2D eigenvalue weighted by molar-refractivity contribution is -0.132. The quantitative estimate of drug-likeness (QED) is 0.646. The Hall–Kier alpha value is -3.35. The number of methoxy groups -OCH3 is 1. The number of ether oxygens (including phenoxy) is 1. The highest BCUT2D eigenvalue weighted by Gasteiger charge is 2.26. The summed E-state index contributed by atoms with van der Waals surface area (Å²) in [5, 5.41) is 0. The highest BCUT2D eigenvalue weighted by atomic mass is 16.5. The van der Waals surface area contributed by atoms with Crippen LogP contribution >= 0.6 is 0 Å². The smallest absolute Gasteiger partial charge is 0.225 e. The van der Waals surface area contributed by atoms with Gasteiger partial charge in [-0.3, -0.25) is 4.79 Å². The predicted molar refractivity (Wildman–Crippen MR) is 111 cm³/mol. The Kier molecular flexibility index (Phi) is 5.74. The summed E-state index contributed by atoms with van der Waals surface area (Å²) in [6.45, 7) is 2.83. The molecule has 0 spiro atoms. The third-order valence-corrected chi connectivity index (χ3v) is 5.30. The number of piperazine rings is 1. The van der Waals surface area contributed by atoms with Crippen LogP contribution in [-0.2, 0) is 4.79 Å². The molecule has 2 aromatic heterocycles. The molecule has 1 aromatic carbocycles. The number of nitrogens with zero attached hydrogens (tertiary/aromatic N) is 5. The van der Waals surface area contributed by atoms with E-state index in [1.54, 1.807) is 19.5 Å². The van der Waals surface area contributed by atoms with Crippen molar-refractivity contribution in [2.24, 2.45) is 0 Å². The maximum atomic E-state index is 13.1. The standard InChI is InChI=1S/C22H25N5O2/c1-29-19-7-4-6-18(16-19)20(25-10-2-3-11-25)17-21(28)26-12-14-27(15-13-26)22-23-8-5-9-24-22/h2-11,16,20H,12-15,17H2,1H3. The second kappa shape index (κ2) is 8.77. The van der Waals surface area contributed by atoms with Crippen molar-refractivity contribution >= 4 is 11.9 Å². The van der Waals surface area contributed by atoms with Crippen molar-refractivity contribution in [3.8, 4) is 5.75 Å². The van der Waals surface area contributed by atoms with Crippen LogP contribution in [0.1, 0.15) is 18.0 Å². The van der Waals surface area contributed by atoms with Crippen molar-refractivity contribution in [3.05, 3.63) is 72.8 Å². The zero-order chi connectivity index (χ0) is 20.1. The monoisotopic (exact) mass is 391 g/mol. The molecule has 29 heavy (non-hydrogen) atoms. The van der Waals surface area contributed by atoms with E-state index in [4.69, 9.17) is 4.74 Å².